The number of aromatic nitrogens is 2. The third-order valence-corrected chi connectivity index (χ3v) is 9.08. The number of fused-ring (bicyclic) bond motifs is 3. The molecule has 1 aliphatic carbocycles. The lowest BCUT2D eigenvalue weighted by Gasteiger charge is -2.51. The summed E-state index contributed by atoms with van der Waals surface area (Å²) in [5.41, 5.74) is 3.22. The van der Waals surface area contributed by atoms with Crippen molar-refractivity contribution >= 4 is 21.6 Å². The molecule has 0 saturated carbocycles. The number of hydrogen-bond donors (Lipinski definition) is 0. The van der Waals surface area contributed by atoms with E-state index in [1.54, 1.807) is 30.6 Å². The van der Waals surface area contributed by atoms with Crippen LogP contribution < -0.4 is 4.31 Å². The molecule has 2 atom stereocenters. The number of piperidine rings is 1. The second-order valence-corrected chi connectivity index (χ2v) is 11.1. The highest BCUT2D eigenvalue weighted by atomic mass is 32.2. The highest BCUT2D eigenvalue weighted by molar-refractivity contribution is 7.92. The minimum atomic E-state index is -3.31. The maximum atomic E-state index is 13.6. The smallest absolute Gasteiger partial charge is 0.254 e. The van der Waals surface area contributed by atoms with E-state index in [1.807, 2.05) is 11.1 Å². The molecule has 1 aromatic carbocycles. The van der Waals surface area contributed by atoms with Crippen molar-refractivity contribution in [2.45, 2.75) is 56.9 Å². The summed E-state index contributed by atoms with van der Waals surface area (Å²) in [6.45, 7) is 3.41. The monoisotopic (exact) mass is 440 g/mol. The Morgan fingerprint density at radius 1 is 1.19 bits per heavy atom. The van der Waals surface area contributed by atoms with Gasteiger partial charge in [0.15, 0.2) is 0 Å². The number of anilines is 1. The third-order valence-electron chi connectivity index (χ3n) is 7.21. The van der Waals surface area contributed by atoms with Crippen LogP contribution >= 0.6 is 0 Å². The molecule has 7 nitrogen and oxygen atoms in total. The zero-order chi connectivity index (χ0) is 21.6. The fourth-order valence-electron chi connectivity index (χ4n) is 5.66. The maximum absolute atomic E-state index is 13.6. The number of sulfonamides is 1. The number of hydrogen-bond acceptors (Lipinski definition) is 5. The van der Waals surface area contributed by atoms with Gasteiger partial charge in [0.25, 0.3) is 5.91 Å². The molecule has 2 fully saturated rings. The van der Waals surface area contributed by atoms with Gasteiger partial charge in [-0.25, -0.2) is 18.4 Å². The fourth-order valence-corrected chi connectivity index (χ4v) is 7.29. The van der Waals surface area contributed by atoms with E-state index in [0.29, 0.717) is 30.8 Å². The average Bonchev–Trinajstić information content (AvgIpc) is 2.78. The summed E-state index contributed by atoms with van der Waals surface area (Å²) in [7, 11) is -3.31. The van der Waals surface area contributed by atoms with Crippen LogP contribution in [0.15, 0.2) is 36.8 Å². The Balaban J connectivity index is 1.46. The molecule has 8 heteroatoms. The minimum absolute atomic E-state index is 0.0234. The third kappa shape index (κ3) is 3.41. The van der Waals surface area contributed by atoms with Crippen LogP contribution in [0.5, 0.6) is 0 Å². The molecule has 1 unspecified atom stereocenters. The first kappa shape index (κ1) is 20.4. The highest BCUT2D eigenvalue weighted by Gasteiger charge is 2.48. The maximum Gasteiger partial charge on any atom is 0.254 e. The van der Waals surface area contributed by atoms with E-state index in [1.165, 1.54) is 9.87 Å². The molecule has 31 heavy (non-hydrogen) atoms. The molecular formula is C23H28N4O3S. The summed E-state index contributed by atoms with van der Waals surface area (Å²) in [6.07, 6.45) is 8.72. The molecule has 2 aromatic rings. The normalized spacial score (nSPS) is 27.3. The Hall–Kier alpha value is -2.48. The predicted molar refractivity (Wildman–Crippen MR) is 119 cm³/mol. The zero-order valence-corrected chi connectivity index (χ0v) is 18.6. The van der Waals surface area contributed by atoms with E-state index in [4.69, 9.17) is 0 Å². The Kier molecular flexibility index (Phi) is 5.00. The molecule has 2 saturated heterocycles. The van der Waals surface area contributed by atoms with Gasteiger partial charge in [-0.3, -0.25) is 9.10 Å². The van der Waals surface area contributed by atoms with Crippen molar-refractivity contribution in [1.29, 1.82) is 0 Å². The Morgan fingerprint density at radius 2 is 2.06 bits per heavy atom. The molecule has 3 aliphatic rings. The van der Waals surface area contributed by atoms with E-state index in [-0.39, 0.29) is 23.1 Å². The zero-order valence-electron chi connectivity index (χ0n) is 17.8. The molecule has 0 spiro atoms. The van der Waals surface area contributed by atoms with Crippen LogP contribution in [0.3, 0.4) is 0 Å². The van der Waals surface area contributed by atoms with Crippen LogP contribution in [0.2, 0.25) is 0 Å². The van der Waals surface area contributed by atoms with Crippen molar-refractivity contribution < 1.29 is 13.2 Å². The van der Waals surface area contributed by atoms with Gasteiger partial charge in [0.2, 0.25) is 10.0 Å². The van der Waals surface area contributed by atoms with Crippen LogP contribution in [-0.2, 0) is 21.9 Å². The number of carbonyl (C=O) groups is 1. The van der Waals surface area contributed by atoms with Gasteiger partial charge in [0.1, 0.15) is 6.33 Å². The summed E-state index contributed by atoms with van der Waals surface area (Å²) < 4.78 is 26.5. The number of nitrogens with zero attached hydrogens (tertiary/aromatic N) is 4. The molecule has 164 valence electrons. The lowest BCUT2D eigenvalue weighted by atomic mass is 9.65. The molecule has 1 aromatic heterocycles. The summed E-state index contributed by atoms with van der Waals surface area (Å²) in [5, 5.41) is 0. The number of likely N-dealkylation sites (tertiary alicyclic amines) is 1. The molecule has 2 aliphatic heterocycles. The van der Waals surface area contributed by atoms with Crippen LogP contribution in [0, 0.1) is 0 Å². The average molecular weight is 441 g/mol. The first-order valence-corrected chi connectivity index (χ1v) is 12.7. The Bertz CT molecular complexity index is 1120. The van der Waals surface area contributed by atoms with Crippen molar-refractivity contribution in [1.82, 2.24) is 14.9 Å². The Morgan fingerprint density at radius 3 is 2.90 bits per heavy atom. The highest BCUT2D eigenvalue weighted by Crippen LogP contribution is 2.45. The molecular weight excluding hydrogens is 412 g/mol. The SMILES string of the molecule is C[C@@]12CCCN(C(=O)c3cccc(N4CCCCS4(=O)=O)c3)C1CCc1cncnc12. The van der Waals surface area contributed by atoms with Crippen LogP contribution in [0.25, 0.3) is 0 Å². The van der Waals surface area contributed by atoms with Gasteiger partial charge < -0.3 is 4.90 Å². The van der Waals surface area contributed by atoms with Crippen LogP contribution in [0.1, 0.15) is 60.6 Å². The van der Waals surface area contributed by atoms with Gasteiger partial charge in [-0.15, -0.1) is 0 Å². The quantitative estimate of drug-likeness (QED) is 0.717. The van der Waals surface area contributed by atoms with Crippen molar-refractivity contribution in [2.24, 2.45) is 0 Å². The molecule has 3 heterocycles. The van der Waals surface area contributed by atoms with E-state index >= 15 is 0 Å². The van der Waals surface area contributed by atoms with Crippen LogP contribution in [-0.4, -0.2) is 54.1 Å². The summed E-state index contributed by atoms with van der Waals surface area (Å²) in [4.78, 5) is 24.4. The van der Waals surface area contributed by atoms with Crippen LogP contribution in [0.4, 0.5) is 5.69 Å². The topological polar surface area (TPSA) is 83.5 Å². The molecule has 0 bridgehead atoms. The lowest BCUT2D eigenvalue weighted by Crippen LogP contribution is -2.57. The summed E-state index contributed by atoms with van der Waals surface area (Å²) >= 11 is 0. The van der Waals surface area contributed by atoms with Crippen molar-refractivity contribution in [3.63, 3.8) is 0 Å². The number of amides is 1. The Labute approximate surface area is 183 Å². The first-order valence-electron chi connectivity index (χ1n) is 11.1. The second-order valence-electron chi connectivity index (χ2n) is 9.12. The van der Waals surface area contributed by atoms with E-state index in [0.717, 1.165) is 37.8 Å². The minimum Gasteiger partial charge on any atom is -0.335 e. The second kappa shape index (κ2) is 7.58. The first-order chi connectivity index (χ1) is 14.9. The van der Waals surface area contributed by atoms with Gasteiger partial charge >= 0.3 is 0 Å². The number of aryl methyl sites for hydroxylation is 1. The predicted octanol–water partition coefficient (Wildman–Crippen LogP) is 2.92. The molecule has 5 rings (SSSR count). The van der Waals surface area contributed by atoms with Crippen molar-refractivity contribution in [3.05, 3.63) is 53.6 Å². The largest absolute Gasteiger partial charge is 0.335 e. The van der Waals surface area contributed by atoms with E-state index in [9.17, 15) is 13.2 Å². The van der Waals surface area contributed by atoms with E-state index < -0.39 is 10.0 Å². The van der Waals surface area contributed by atoms with Gasteiger partial charge in [-0.1, -0.05) is 13.0 Å². The molecule has 1 amide bonds. The van der Waals surface area contributed by atoms with Gasteiger partial charge in [-0.05, 0) is 62.3 Å². The number of carbonyl (C=O) groups excluding carboxylic acids is 1. The van der Waals surface area contributed by atoms with Gasteiger partial charge in [0, 0.05) is 36.3 Å². The van der Waals surface area contributed by atoms with Crippen molar-refractivity contribution in [2.75, 3.05) is 23.1 Å². The van der Waals surface area contributed by atoms with Crippen molar-refractivity contribution in [3.8, 4) is 0 Å². The van der Waals surface area contributed by atoms with Gasteiger partial charge in [0.05, 0.1) is 17.1 Å². The lowest BCUT2D eigenvalue weighted by molar-refractivity contribution is 0.0379. The van der Waals surface area contributed by atoms with E-state index in [2.05, 4.69) is 16.9 Å². The van der Waals surface area contributed by atoms with Gasteiger partial charge in [-0.2, -0.15) is 0 Å². The summed E-state index contributed by atoms with van der Waals surface area (Å²) in [5.74, 6) is 0.142. The standard InChI is InChI=1S/C23H28N4O3S/c1-23-10-5-11-26(20(23)9-8-18-15-24-16-25-21(18)23)22(28)17-6-4-7-19(14-17)27-12-2-3-13-31(27,29)30/h4,6-7,14-16,20H,2-3,5,8-13H2,1H3/t20?,23-/m1/s1. The molecule has 0 N–H and O–H groups in total. The number of rotatable bonds is 2. The number of benzene rings is 1. The molecule has 0 radical (unpaired) electrons. The fraction of sp³-hybridized carbons (Fsp3) is 0.522. The summed E-state index contributed by atoms with van der Waals surface area (Å²) in [6, 6.07) is 7.20.